The summed E-state index contributed by atoms with van der Waals surface area (Å²) in [6.07, 6.45) is 2.29. The zero-order valence-corrected chi connectivity index (χ0v) is 12.3. The molecule has 0 saturated heterocycles. The van der Waals surface area contributed by atoms with Crippen molar-refractivity contribution in [3.05, 3.63) is 29.3 Å². The molecule has 2 rings (SSSR count). The molecule has 0 heterocycles. The first-order valence-electron chi connectivity index (χ1n) is 6.63. The van der Waals surface area contributed by atoms with Gasteiger partial charge in [-0.15, -0.1) is 0 Å². The van der Waals surface area contributed by atoms with Gasteiger partial charge in [-0.1, -0.05) is 0 Å². The molecule has 1 aromatic carbocycles. The molecule has 2 amide bonds. The normalized spacial score (nSPS) is 13.8. The molecular formula is C15H20N2O3. The number of rotatable bonds is 4. The first-order valence-corrected chi connectivity index (χ1v) is 6.63. The van der Waals surface area contributed by atoms with Gasteiger partial charge in [0, 0.05) is 39.3 Å². The summed E-state index contributed by atoms with van der Waals surface area (Å²) >= 11 is 0. The van der Waals surface area contributed by atoms with Crippen LogP contribution < -0.4 is 4.74 Å². The van der Waals surface area contributed by atoms with Crippen LogP contribution in [0.25, 0.3) is 0 Å². The van der Waals surface area contributed by atoms with Gasteiger partial charge in [0.15, 0.2) is 0 Å². The van der Waals surface area contributed by atoms with Crippen molar-refractivity contribution < 1.29 is 14.3 Å². The summed E-state index contributed by atoms with van der Waals surface area (Å²) in [6.45, 7) is 0. The second-order valence-corrected chi connectivity index (χ2v) is 5.46. The highest BCUT2D eigenvalue weighted by atomic mass is 16.5. The minimum Gasteiger partial charge on any atom is -0.490 e. The zero-order chi connectivity index (χ0) is 14.9. The molecule has 1 aliphatic carbocycles. The Hall–Kier alpha value is -2.04. The second-order valence-electron chi connectivity index (χ2n) is 5.46. The number of carbonyl (C=O) groups is 2. The summed E-state index contributed by atoms with van der Waals surface area (Å²) in [5.41, 5.74) is 0.941. The van der Waals surface area contributed by atoms with Crippen LogP contribution in [0, 0.1) is 0 Å². The van der Waals surface area contributed by atoms with Crippen molar-refractivity contribution >= 4 is 11.8 Å². The Balaban J connectivity index is 2.37. The van der Waals surface area contributed by atoms with E-state index in [1.54, 1.807) is 46.4 Å². The predicted octanol–water partition coefficient (Wildman–Crippen LogP) is 1.63. The summed E-state index contributed by atoms with van der Waals surface area (Å²) < 4.78 is 5.72. The molecule has 0 radical (unpaired) electrons. The molecule has 1 fully saturated rings. The quantitative estimate of drug-likeness (QED) is 0.840. The molecule has 1 saturated carbocycles. The monoisotopic (exact) mass is 276 g/mol. The van der Waals surface area contributed by atoms with Gasteiger partial charge in [-0.3, -0.25) is 9.59 Å². The minimum absolute atomic E-state index is 0.140. The average Bonchev–Trinajstić information content (AvgIpc) is 3.20. The van der Waals surface area contributed by atoms with E-state index in [9.17, 15) is 9.59 Å². The maximum atomic E-state index is 12.1. The van der Waals surface area contributed by atoms with Crippen LogP contribution in [0.4, 0.5) is 0 Å². The van der Waals surface area contributed by atoms with Crippen LogP contribution in [0.5, 0.6) is 5.75 Å². The van der Waals surface area contributed by atoms with Gasteiger partial charge in [0.25, 0.3) is 11.8 Å². The van der Waals surface area contributed by atoms with E-state index in [1.165, 1.54) is 9.80 Å². The largest absolute Gasteiger partial charge is 0.490 e. The molecule has 0 atom stereocenters. The van der Waals surface area contributed by atoms with Crippen molar-refractivity contribution in [1.82, 2.24) is 9.80 Å². The number of carbonyl (C=O) groups excluding carboxylic acids is 2. The Kier molecular flexibility index (Phi) is 3.97. The Morgan fingerprint density at radius 2 is 1.40 bits per heavy atom. The molecule has 1 aromatic rings. The van der Waals surface area contributed by atoms with Crippen LogP contribution in [0.1, 0.15) is 33.6 Å². The van der Waals surface area contributed by atoms with Gasteiger partial charge in [-0.05, 0) is 31.0 Å². The fraction of sp³-hybridized carbons (Fsp3) is 0.467. The van der Waals surface area contributed by atoms with E-state index in [1.807, 2.05) is 0 Å². The number of amides is 2. The lowest BCUT2D eigenvalue weighted by Crippen LogP contribution is -2.24. The summed E-state index contributed by atoms with van der Waals surface area (Å²) in [7, 11) is 6.74. The molecular weight excluding hydrogens is 256 g/mol. The highest BCUT2D eigenvalue weighted by Crippen LogP contribution is 2.28. The zero-order valence-electron chi connectivity index (χ0n) is 12.3. The molecule has 0 unspecified atom stereocenters. The molecule has 1 aliphatic rings. The molecule has 0 aromatic heterocycles. The Morgan fingerprint density at radius 1 is 0.950 bits per heavy atom. The predicted molar refractivity (Wildman–Crippen MR) is 76.1 cm³/mol. The lowest BCUT2D eigenvalue weighted by atomic mass is 10.1. The van der Waals surface area contributed by atoms with Gasteiger partial charge in [-0.25, -0.2) is 0 Å². The third-order valence-electron chi connectivity index (χ3n) is 3.04. The molecule has 108 valence electrons. The van der Waals surface area contributed by atoms with Gasteiger partial charge in [0.1, 0.15) is 5.75 Å². The third-order valence-corrected chi connectivity index (χ3v) is 3.04. The van der Waals surface area contributed by atoms with Gasteiger partial charge >= 0.3 is 0 Å². The Labute approximate surface area is 119 Å². The number of ether oxygens (including phenoxy) is 1. The fourth-order valence-corrected chi connectivity index (χ4v) is 1.81. The lowest BCUT2D eigenvalue weighted by Gasteiger charge is -2.15. The van der Waals surface area contributed by atoms with Crippen molar-refractivity contribution in [2.24, 2.45) is 0 Å². The van der Waals surface area contributed by atoms with Crippen LogP contribution in [-0.2, 0) is 0 Å². The molecule has 0 N–H and O–H groups in total. The SMILES string of the molecule is CN(C)C(=O)c1cc(OC2CC2)cc(C(=O)N(C)C)c1. The van der Waals surface area contributed by atoms with E-state index in [-0.39, 0.29) is 17.9 Å². The second kappa shape index (κ2) is 5.53. The summed E-state index contributed by atoms with van der Waals surface area (Å²) in [6, 6.07) is 5.02. The van der Waals surface area contributed by atoms with Crippen molar-refractivity contribution in [1.29, 1.82) is 0 Å². The third kappa shape index (κ3) is 3.29. The fourth-order valence-electron chi connectivity index (χ4n) is 1.81. The van der Waals surface area contributed by atoms with Gasteiger partial charge in [-0.2, -0.15) is 0 Å². The minimum atomic E-state index is -0.140. The Morgan fingerprint density at radius 3 is 1.75 bits per heavy atom. The van der Waals surface area contributed by atoms with Crippen LogP contribution >= 0.6 is 0 Å². The van der Waals surface area contributed by atoms with Gasteiger partial charge in [0.2, 0.25) is 0 Å². The van der Waals surface area contributed by atoms with E-state index in [2.05, 4.69) is 0 Å². The number of hydrogen-bond acceptors (Lipinski definition) is 3. The molecule has 5 nitrogen and oxygen atoms in total. The first-order chi connectivity index (χ1) is 9.38. The van der Waals surface area contributed by atoms with E-state index >= 15 is 0 Å². The molecule has 20 heavy (non-hydrogen) atoms. The van der Waals surface area contributed by atoms with E-state index in [4.69, 9.17) is 4.74 Å². The molecule has 0 spiro atoms. The van der Waals surface area contributed by atoms with Gasteiger partial charge < -0.3 is 14.5 Å². The van der Waals surface area contributed by atoms with E-state index in [0.717, 1.165) is 12.8 Å². The topological polar surface area (TPSA) is 49.9 Å². The smallest absolute Gasteiger partial charge is 0.253 e. The number of benzene rings is 1. The summed E-state index contributed by atoms with van der Waals surface area (Å²) in [5.74, 6) is 0.309. The average molecular weight is 276 g/mol. The number of hydrogen-bond donors (Lipinski definition) is 0. The maximum absolute atomic E-state index is 12.1. The highest BCUT2D eigenvalue weighted by Gasteiger charge is 2.25. The van der Waals surface area contributed by atoms with Crippen molar-refractivity contribution in [2.75, 3.05) is 28.2 Å². The van der Waals surface area contributed by atoms with Crippen molar-refractivity contribution in [2.45, 2.75) is 18.9 Å². The van der Waals surface area contributed by atoms with Crippen LogP contribution in [-0.4, -0.2) is 55.9 Å². The maximum Gasteiger partial charge on any atom is 0.253 e. The van der Waals surface area contributed by atoms with Crippen LogP contribution in [0.2, 0.25) is 0 Å². The Bertz CT molecular complexity index is 496. The molecule has 0 aliphatic heterocycles. The lowest BCUT2D eigenvalue weighted by molar-refractivity contribution is 0.0825. The van der Waals surface area contributed by atoms with E-state index in [0.29, 0.717) is 16.9 Å². The standard InChI is InChI=1S/C15H20N2O3/c1-16(2)14(18)10-7-11(15(19)17(3)4)9-13(8-10)20-12-5-6-12/h7-9,12H,5-6H2,1-4H3. The van der Waals surface area contributed by atoms with Crippen molar-refractivity contribution in [3.63, 3.8) is 0 Å². The molecule has 0 bridgehead atoms. The van der Waals surface area contributed by atoms with Crippen LogP contribution in [0.15, 0.2) is 18.2 Å². The van der Waals surface area contributed by atoms with Crippen molar-refractivity contribution in [3.8, 4) is 5.75 Å². The van der Waals surface area contributed by atoms with Crippen LogP contribution in [0.3, 0.4) is 0 Å². The summed E-state index contributed by atoms with van der Waals surface area (Å²) in [4.78, 5) is 27.1. The van der Waals surface area contributed by atoms with E-state index < -0.39 is 0 Å². The molecule has 5 heteroatoms. The summed E-state index contributed by atoms with van der Waals surface area (Å²) in [5, 5.41) is 0. The van der Waals surface area contributed by atoms with Gasteiger partial charge in [0.05, 0.1) is 6.10 Å². The first kappa shape index (κ1) is 14.4. The number of nitrogens with zero attached hydrogens (tertiary/aromatic N) is 2. The highest BCUT2D eigenvalue weighted by molar-refractivity contribution is 6.00.